The molecule has 0 atom stereocenters. The number of rotatable bonds is 2. The predicted octanol–water partition coefficient (Wildman–Crippen LogP) is 2.75. The average Bonchev–Trinajstić information content (AvgIpc) is 2.72. The summed E-state index contributed by atoms with van der Waals surface area (Å²) in [6, 6.07) is 3.94. The monoisotopic (exact) mass is 317 g/mol. The van der Waals surface area contributed by atoms with Gasteiger partial charge in [-0.3, -0.25) is 24.7 Å². The van der Waals surface area contributed by atoms with Crippen molar-refractivity contribution in [3.63, 3.8) is 0 Å². The normalized spacial score (nSPS) is 13.5. The van der Waals surface area contributed by atoms with Gasteiger partial charge in [0.1, 0.15) is 5.56 Å². The van der Waals surface area contributed by atoms with Crippen LogP contribution in [-0.4, -0.2) is 21.7 Å². The van der Waals surface area contributed by atoms with E-state index in [4.69, 9.17) is 11.6 Å². The van der Waals surface area contributed by atoms with Gasteiger partial charge in [-0.25, -0.2) is 4.90 Å². The molecule has 0 aliphatic carbocycles. The van der Waals surface area contributed by atoms with Crippen molar-refractivity contribution in [1.82, 2.24) is 4.98 Å². The third-order valence-electron chi connectivity index (χ3n) is 3.28. The van der Waals surface area contributed by atoms with Gasteiger partial charge >= 0.3 is 0 Å². The molecule has 7 nitrogen and oxygen atoms in total. The number of halogens is 1. The molecule has 0 saturated heterocycles. The van der Waals surface area contributed by atoms with Crippen molar-refractivity contribution in [2.45, 2.75) is 6.92 Å². The summed E-state index contributed by atoms with van der Waals surface area (Å²) < 4.78 is 0. The molecule has 2 aromatic rings. The van der Waals surface area contributed by atoms with Crippen LogP contribution in [-0.2, 0) is 0 Å². The van der Waals surface area contributed by atoms with Crippen molar-refractivity contribution in [3.05, 3.63) is 62.4 Å². The van der Waals surface area contributed by atoms with Crippen molar-refractivity contribution in [3.8, 4) is 0 Å². The second kappa shape index (κ2) is 4.88. The average molecular weight is 318 g/mol. The number of carbonyl (C=O) groups excluding carboxylic acids is 2. The highest BCUT2D eigenvalue weighted by molar-refractivity contribution is 6.42. The molecule has 22 heavy (non-hydrogen) atoms. The van der Waals surface area contributed by atoms with Gasteiger partial charge in [0.25, 0.3) is 17.5 Å². The van der Waals surface area contributed by atoms with Gasteiger partial charge in [0.05, 0.1) is 27.4 Å². The van der Waals surface area contributed by atoms with Crippen molar-refractivity contribution < 1.29 is 14.5 Å². The van der Waals surface area contributed by atoms with Crippen molar-refractivity contribution in [2.75, 3.05) is 4.90 Å². The molecule has 0 saturated carbocycles. The number of anilines is 1. The van der Waals surface area contributed by atoms with E-state index in [1.807, 2.05) is 0 Å². The Hall–Kier alpha value is -2.80. The smallest absolute Gasteiger partial charge is 0.268 e. The van der Waals surface area contributed by atoms with E-state index in [1.54, 1.807) is 19.2 Å². The summed E-state index contributed by atoms with van der Waals surface area (Å²) in [4.78, 5) is 40.2. The first-order chi connectivity index (χ1) is 10.4. The van der Waals surface area contributed by atoms with Gasteiger partial charge in [-0.2, -0.15) is 0 Å². The SMILES string of the molecule is Cc1cncc(N2C(=O)c3c(Cl)ccc([N+](=O)[O-])c3C2=O)c1. The Bertz CT molecular complexity index is 850. The van der Waals surface area contributed by atoms with Gasteiger partial charge in [-0.05, 0) is 24.6 Å². The van der Waals surface area contributed by atoms with Gasteiger partial charge < -0.3 is 0 Å². The van der Waals surface area contributed by atoms with Crippen molar-refractivity contribution >= 4 is 34.8 Å². The van der Waals surface area contributed by atoms with E-state index in [0.29, 0.717) is 0 Å². The summed E-state index contributed by atoms with van der Waals surface area (Å²) in [6.45, 7) is 1.75. The molecule has 0 radical (unpaired) electrons. The summed E-state index contributed by atoms with van der Waals surface area (Å²) >= 11 is 5.95. The first-order valence-corrected chi connectivity index (χ1v) is 6.57. The number of hydrogen-bond acceptors (Lipinski definition) is 5. The number of nitrogens with zero attached hydrogens (tertiary/aromatic N) is 3. The van der Waals surface area contributed by atoms with Gasteiger partial charge in [-0.15, -0.1) is 0 Å². The molecule has 1 aromatic carbocycles. The lowest BCUT2D eigenvalue weighted by Gasteiger charge is -2.13. The Morgan fingerprint density at radius 1 is 1.18 bits per heavy atom. The predicted molar refractivity (Wildman–Crippen MR) is 78.2 cm³/mol. The van der Waals surface area contributed by atoms with E-state index in [2.05, 4.69) is 4.98 Å². The van der Waals surface area contributed by atoms with E-state index in [-0.39, 0.29) is 21.8 Å². The lowest BCUT2D eigenvalue weighted by molar-refractivity contribution is -0.385. The van der Waals surface area contributed by atoms with Crippen LogP contribution in [0.1, 0.15) is 26.3 Å². The molecule has 2 heterocycles. The van der Waals surface area contributed by atoms with E-state index < -0.39 is 22.4 Å². The Morgan fingerprint density at radius 2 is 1.86 bits per heavy atom. The Kier molecular flexibility index (Phi) is 3.14. The van der Waals surface area contributed by atoms with Crippen LogP contribution in [0, 0.1) is 17.0 Å². The van der Waals surface area contributed by atoms with Crippen LogP contribution in [0.4, 0.5) is 11.4 Å². The highest BCUT2D eigenvalue weighted by Crippen LogP contribution is 2.37. The second-order valence-electron chi connectivity index (χ2n) is 4.74. The summed E-state index contributed by atoms with van der Waals surface area (Å²) in [6.07, 6.45) is 2.91. The lowest BCUT2D eigenvalue weighted by atomic mass is 10.1. The first-order valence-electron chi connectivity index (χ1n) is 6.19. The number of nitro groups is 1. The van der Waals surface area contributed by atoms with E-state index >= 15 is 0 Å². The minimum absolute atomic E-state index is 0.00191. The Balaban J connectivity index is 2.23. The molecule has 0 spiro atoms. The molecule has 3 rings (SSSR count). The number of fused-ring (bicyclic) bond motifs is 1. The maximum atomic E-state index is 12.5. The number of hydrogen-bond donors (Lipinski definition) is 0. The molecular weight excluding hydrogens is 310 g/mol. The first kappa shape index (κ1) is 14.2. The topological polar surface area (TPSA) is 93.4 Å². The maximum Gasteiger partial charge on any atom is 0.283 e. The minimum atomic E-state index is -0.776. The fraction of sp³-hybridized carbons (Fsp3) is 0.0714. The number of pyridine rings is 1. The number of carbonyl (C=O) groups is 2. The van der Waals surface area contributed by atoms with Crippen LogP contribution in [0.3, 0.4) is 0 Å². The fourth-order valence-corrected chi connectivity index (χ4v) is 2.59. The second-order valence-corrected chi connectivity index (χ2v) is 5.15. The lowest BCUT2D eigenvalue weighted by Crippen LogP contribution is -2.29. The zero-order valence-corrected chi connectivity index (χ0v) is 12.0. The molecule has 8 heteroatoms. The number of aryl methyl sites for hydroxylation is 1. The van der Waals surface area contributed by atoms with E-state index in [9.17, 15) is 19.7 Å². The van der Waals surface area contributed by atoms with Crippen LogP contribution in [0.15, 0.2) is 30.6 Å². The standard InChI is InChI=1S/C14H8ClN3O4/c1-7-4-8(6-16-5-7)17-13(19)11-9(15)2-3-10(18(21)22)12(11)14(17)20/h2-6H,1H3. The number of benzene rings is 1. The molecule has 1 aliphatic rings. The van der Waals surface area contributed by atoms with Crippen LogP contribution in [0.25, 0.3) is 0 Å². The summed E-state index contributed by atoms with van der Waals surface area (Å²) in [7, 11) is 0. The number of aromatic nitrogens is 1. The molecule has 1 aromatic heterocycles. The van der Waals surface area contributed by atoms with Gasteiger partial charge in [0.2, 0.25) is 0 Å². The van der Waals surface area contributed by atoms with Crippen LogP contribution < -0.4 is 4.90 Å². The Morgan fingerprint density at radius 3 is 2.50 bits per heavy atom. The van der Waals surface area contributed by atoms with Crippen LogP contribution in [0.5, 0.6) is 0 Å². The summed E-state index contributed by atoms with van der Waals surface area (Å²) in [5, 5.41) is 11.1. The molecular formula is C14H8ClN3O4. The zero-order chi connectivity index (χ0) is 16.0. The highest BCUT2D eigenvalue weighted by Gasteiger charge is 2.43. The van der Waals surface area contributed by atoms with Gasteiger partial charge in [0.15, 0.2) is 0 Å². The number of imide groups is 1. The van der Waals surface area contributed by atoms with Gasteiger partial charge in [-0.1, -0.05) is 11.6 Å². The fourth-order valence-electron chi connectivity index (χ4n) is 2.36. The highest BCUT2D eigenvalue weighted by atomic mass is 35.5. The molecule has 0 fully saturated rings. The molecule has 0 bridgehead atoms. The molecule has 0 unspecified atom stereocenters. The molecule has 2 amide bonds. The molecule has 1 aliphatic heterocycles. The summed E-state index contributed by atoms with van der Waals surface area (Å²) in [5.74, 6) is -1.47. The van der Waals surface area contributed by atoms with Crippen LogP contribution in [0.2, 0.25) is 5.02 Å². The van der Waals surface area contributed by atoms with E-state index in [0.717, 1.165) is 16.5 Å². The van der Waals surface area contributed by atoms with Crippen LogP contribution >= 0.6 is 11.6 Å². The molecule has 0 N–H and O–H groups in total. The quantitative estimate of drug-likeness (QED) is 0.482. The van der Waals surface area contributed by atoms with Gasteiger partial charge in [0, 0.05) is 12.3 Å². The van der Waals surface area contributed by atoms with Crippen molar-refractivity contribution in [2.24, 2.45) is 0 Å². The van der Waals surface area contributed by atoms with E-state index in [1.165, 1.54) is 12.3 Å². The third-order valence-corrected chi connectivity index (χ3v) is 3.60. The molecule has 110 valence electrons. The largest absolute Gasteiger partial charge is 0.283 e. The summed E-state index contributed by atoms with van der Waals surface area (Å²) in [5.41, 5.74) is 0.110. The number of amides is 2. The van der Waals surface area contributed by atoms with Crippen molar-refractivity contribution in [1.29, 1.82) is 0 Å². The third kappa shape index (κ3) is 1.94. The zero-order valence-electron chi connectivity index (χ0n) is 11.2. The maximum absolute atomic E-state index is 12.5. The Labute approximate surface area is 129 Å². The number of nitro benzene ring substituents is 1. The minimum Gasteiger partial charge on any atom is -0.268 e.